The average Bonchev–Trinajstić information content (AvgIpc) is 3.99. The van der Waals surface area contributed by atoms with Crippen LogP contribution in [0.25, 0.3) is 0 Å². The van der Waals surface area contributed by atoms with Crippen LogP contribution in [0, 0.1) is 47.1 Å². The van der Waals surface area contributed by atoms with Crippen molar-refractivity contribution in [3.63, 3.8) is 0 Å². The van der Waals surface area contributed by atoms with E-state index < -0.39 is 52.6 Å². The largest absolute Gasteiger partial charge is 0.396 e. The van der Waals surface area contributed by atoms with Crippen LogP contribution in [0.2, 0.25) is 10.0 Å². The smallest absolute Gasteiger partial charge is 0.187 e. The molecule has 4 N–H and O–H groups in total. The van der Waals surface area contributed by atoms with E-state index in [1.54, 1.807) is 0 Å². The quantitative estimate of drug-likeness (QED) is 0.111. The Bertz CT molecular complexity index is 2390. The molecule has 6 aliphatic rings. The number of piperidine rings is 2. The third-order valence-electron chi connectivity index (χ3n) is 15.0. The van der Waals surface area contributed by atoms with Crippen LogP contribution in [0.5, 0.6) is 0 Å². The van der Waals surface area contributed by atoms with E-state index in [4.69, 9.17) is 23.2 Å². The molecular formula is C46H56Cl2F2N8O6S2. The van der Waals surface area contributed by atoms with E-state index >= 15 is 0 Å². The van der Waals surface area contributed by atoms with Crippen molar-refractivity contribution in [3.05, 3.63) is 94.5 Å². The van der Waals surface area contributed by atoms with Gasteiger partial charge in [-0.25, -0.2) is 45.6 Å². The molecule has 66 heavy (non-hydrogen) atoms. The first-order valence-electron chi connectivity index (χ1n) is 22.9. The molecule has 4 aliphatic carbocycles. The molecule has 0 radical (unpaired) electrons. The Balaban J connectivity index is 0.000000166. The third kappa shape index (κ3) is 10.2. The standard InChI is InChI=1S/2C23H28ClFN4O3S/c2*24-18-7-23(33(31,32)12-14-5-6-26-13-27-14)19(25)8-21(18)28-20-3-1-2-4-22(20)29-9-15-16(10-29)17(15)11-30/h2*5-8,13,15-17,20,22,28,30H,1-4,9-12H2/t2*15-,16+,17?,20-,22-/m10/s1. The fourth-order valence-corrected chi connectivity index (χ4v) is 14.7. The van der Waals surface area contributed by atoms with Crippen molar-refractivity contribution in [3.8, 4) is 0 Å². The topological polar surface area (TPSA) is 191 Å². The van der Waals surface area contributed by atoms with Crippen molar-refractivity contribution >= 4 is 54.3 Å². The molecule has 2 saturated heterocycles. The minimum atomic E-state index is -3.96. The number of likely N-dealkylation sites (tertiary alicyclic amines) is 2. The Morgan fingerprint density at radius 2 is 0.985 bits per heavy atom. The zero-order valence-corrected chi connectivity index (χ0v) is 39.5. The molecule has 2 aromatic carbocycles. The number of sulfone groups is 2. The lowest BCUT2D eigenvalue weighted by Crippen LogP contribution is -2.49. The summed E-state index contributed by atoms with van der Waals surface area (Å²) in [4.78, 5) is 19.5. The molecule has 2 unspecified atom stereocenters. The van der Waals surface area contributed by atoms with Crippen molar-refractivity contribution in [1.82, 2.24) is 29.7 Å². The highest BCUT2D eigenvalue weighted by Gasteiger charge is 2.57. The fourth-order valence-electron chi connectivity index (χ4n) is 11.4. The molecular weight excluding hydrogens is 934 g/mol. The second kappa shape index (κ2) is 19.8. The van der Waals surface area contributed by atoms with Crippen molar-refractivity contribution in [2.45, 2.75) is 96.8 Å². The molecule has 4 saturated carbocycles. The number of halogens is 4. The van der Waals surface area contributed by atoms with Gasteiger partial charge in [0.1, 0.15) is 34.1 Å². The van der Waals surface area contributed by atoms with E-state index in [0.29, 0.717) is 70.4 Å². The minimum absolute atomic E-state index is 0.115. The van der Waals surface area contributed by atoms with Gasteiger partial charge in [0, 0.05) is 76.0 Å². The summed E-state index contributed by atoms with van der Waals surface area (Å²) in [6, 6.07) is 8.65. The Hall–Kier alpha value is -3.62. The van der Waals surface area contributed by atoms with E-state index in [9.17, 15) is 35.8 Å². The van der Waals surface area contributed by atoms with Gasteiger partial charge >= 0.3 is 0 Å². The van der Waals surface area contributed by atoms with Crippen LogP contribution in [0.4, 0.5) is 20.2 Å². The van der Waals surface area contributed by atoms with Crippen LogP contribution < -0.4 is 10.6 Å². The molecule has 0 bridgehead atoms. The van der Waals surface area contributed by atoms with Crippen LogP contribution in [0.3, 0.4) is 0 Å². The SMILES string of the molecule is O=S(=O)(Cc1ccncn1)c1cc(Cl)c(N[C@@H]2CCCC[C@H]2N2C[C@@H]3C(CO)[C@@H]3C2)cc1F.O=S(=O)(Cc1ccncn1)c1cc(Cl)c(N[C@H]2CCCC[C@@H]2N2C[C@@H]3C(CO)[C@@H]3C2)cc1F. The Morgan fingerprint density at radius 1 is 0.606 bits per heavy atom. The summed E-state index contributed by atoms with van der Waals surface area (Å²) in [5.74, 6) is 0.798. The van der Waals surface area contributed by atoms with Crippen molar-refractivity contribution in [1.29, 1.82) is 0 Å². The van der Waals surface area contributed by atoms with Gasteiger partial charge in [-0.2, -0.15) is 0 Å². The molecule has 356 valence electrons. The molecule has 6 fully saturated rings. The molecule has 2 aromatic heterocycles. The summed E-state index contributed by atoms with van der Waals surface area (Å²) < 4.78 is 81.1. The number of hydrogen-bond donors (Lipinski definition) is 4. The highest BCUT2D eigenvalue weighted by Crippen LogP contribution is 2.53. The molecule has 14 nitrogen and oxygen atoms in total. The van der Waals surface area contributed by atoms with Gasteiger partial charge in [-0.3, -0.25) is 9.80 Å². The first-order chi connectivity index (χ1) is 31.7. The van der Waals surface area contributed by atoms with Gasteiger partial charge in [-0.05, 0) is 97.6 Å². The zero-order valence-electron chi connectivity index (χ0n) is 36.4. The molecule has 10 atom stereocenters. The number of aliphatic hydroxyl groups is 2. The summed E-state index contributed by atoms with van der Waals surface area (Å²) in [5, 5.41) is 26.1. The van der Waals surface area contributed by atoms with E-state index in [0.717, 1.165) is 77.5 Å². The highest BCUT2D eigenvalue weighted by molar-refractivity contribution is 7.91. The number of benzene rings is 2. The molecule has 2 aliphatic heterocycles. The van der Waals surface area contributed by atoms with Crippen molar-refractivity contribution in [2.75, 3.05) is 50.0 Å². The van der Waals surface area contributed by atoms with Gasteiger partial charge in [0.2, 0.25) is 0 Å². The molecule has 0 amide bonds. The number of nitrogens with zero attached hydrogens (tertiary/aromatic N) is 6. The molecule has 0 spiro atoms. The number of rotatable bonds is 14. The second-order valence-corrected chi connectivity index (χ2v) is 23.6. The van der Waals surface area contributed by atoms with Gasteiger partial charge in [-0.15, -0.1) is 0 Å². The van der Waals surface area contributed by atoms with Crippen LogP contribution in [0.1, 0.15) is 62.8 Å². The lowest BCUT2D eigenvalue weighted by molar-refractivity contribution is 0.142. The van der Waals surface area contributed by atoms with Crippen molar-refractivity contribution in [2.24, 2.45) is 35.5 Å². The summed E-state index contributed by atoms with van der Waals surface area (Å²) in [5.41, 5.74) is 1.43. The Labute approximate surface area is 394 Å². The number of anilines is 2. The second-order valence-electron chi connectivity index (χ2n) is 18.9. The summed E-state index contributed by atoms with van der Waals surface area (Å²) >= 11 is 12.9. The number of aliphatic hydroxyl groups excluding tert-OH is 2. The van der Waals surface area contributed by atoms with Crippen LogP contribution in [-0.2, 0) is 31.2 Å². The average molecular weight is 990 g/mol. The number of nitrogens with one attached hydrogen (secondary N) is 2. The summed E-state index contributed by atoms with van der Waals surface area (Å²) in [6.07, 6.45) is 13.9. The fraction of sp³-hybridized carbons (Fsp3) is 0.565. The molecule has 4 aromatic rings. The molecule has 10 rings (SSSR count). The summed E-state index contributed by atoms with van der Waals surface area (Å²) in [6.45, 7) is 4.55. The van der Waals surface area contributed by atoms with E-state index in [1.165, 1.54) is 61.4 Å². The van der Waals surface area contributed by atoms with Gasteiger partial charge in [0.05, 0.1) is 44.3 Å². The molecule has 20 heteroatoms. The van der Waals surface area contributed by atoms with E-state index in [-0.39, 0.29) is 35.3 Å². The van der Waals surface area contributed by atoms with Gasteiger partial charge in [-0.1, -0.05) is 48.9 Å². The third-order valence-corrected chi connectivity index (χ3v) is 18.9. The Morgan fingerprint density at radius 3 is 1.33 bits per heavy atom. The van der Waals surface area contributed by atoms with Crippen LogP contribution in [-0.4, -0.2) is 120 Å². The maximum Gasteiger partial charge on any atom is 0.187 e. The van der Waals surface area contributed by atoms with Gasteiger partial charge in [0.15, 0.2) is 19.7 Å². The Kier molecular flexibility index (Phi) is 14.2. The van der Waals surface area contributed by atoms with E-state index in [1.807, 2.05) is 0 Å². The number of aromatic nitrogens is 4. The van der Waals surface area contributed by atoms with E-state index in [2.05, 4.69) is 40.4 Å². The zero-order chi connectivity index (χ0) is 46.3. The highest BCUT2D eigenvalue weighted by atomic mass is 35.5. The first kappa shape index (κ1) is 47.4. The summed E-state index contributed by atoms with van der Waals surface area (Å²) in [7, 11) is -7.91. The molecule has 4 heterocycles. The monoisotopic (exact) mass is 988 g/mol. The first-order valence-corrected chi connectivity index (χ1v) is 27.0. The maximum atomic E-state index is 15.0. The normalized spacial score (nSPS) is 29.6. The maximum absolute atomic E-state index is 15.0. The number of hydrogen-bond acceptors (Lipinski definition) is 14. The van der Waals surface area contributed by atoms with Crippen molar-refractivity contribution < 1.29 is 35.8 Å². The van der Waals surface area contributed by atoms with Crippen LogP contribution >= 0.6 is 23.2 Å². The predicted octanol–water partition coefficient (Wildman–Crippen LogP) is 6.27. The van der Waals surface area contributed by atoms with Crippen LogP contribution in [0.15, 0.2) is 71.2 Å². The minimum Gasteiger partial charge on any atom is -0.396 e. The lowest BCUT2D eigenvalue weighted by Gasteiger charge is -2.40. The number of fused-ring (bicyclic) bond motifs is 2. The van der Waals surface area contributed by atoms with Gasteiger partial charge in [0.25, 0.3) is 0 Å². The lowest BCUT2D eigenvalue weighted by atomic mass is 9.88. The predicted molar refractivity (Wildman–Crippen MR) is 246 cm³/mol. The van der Waals surface area contributed by atoms with Gasteiger partial charge < -0.3 is 20.8 Å².